The fourth-order valence-corrected chi connectivity index (χ4v) is 4.48. The van der Waals surface area contributed by atoms with E-state index in [9.17, 15) is 13.2 Å². The summed E-state index contributed by atoms with van der Waals surface area (Å²) in [6.45, 7) is 3.13. The number of imidazole rings is 1. The minimum absolute atomic E-state index is 0.000167. The van der Waals surface area contributed by atoms with E-state index in [1.165, 1.54) is 21.4 Å². The summed E-state index contributed by atoms with van der Waals surface area (Å²) in [6, 6.07) is 7.66. The number of hydrogen-bond donors (Lipinski definition) is 1. The van der Waals surface area contributed by atoms with Gasteiger partial charge in [-0.15, -0.1) is 0 Å². The fourth-order valence-electron chi connectivity index (χ4n) is 3.03. The Balaban J connectivity index is 1.65. The van der Waals surface area contributed by atoms with Crippen LogP contribution in [0.5, 0.6) is 0 Å². The second-order valence-corrected chi connectivity index (χ2v) is 8.34. The van der Waals surface area contributed by atoms with Crippen molar-refractivity contribution in [2.45, 2.75) is 44.2 Å². The Bertz CT molecular complexity index is 870. The molecule has 7 nitrogen and oxygen atoms in total. The normalized spacial score (nSPS) is 15.7. The van der Waals surface area contributed by atoms with Crippen molar-refractivity contribution in [1.82, 2.24) is 13.9 Å². The molecule has 1 amide bonds. The SMILES string of the molecule is CCc1cccc(NC(=O)Cn2cnc(S(=O)(=O)N3CCCCC3)c2)c1. The highest BCUT2D eigenvalue weighted by molar-refractivity contribution is 7.89. The van der Waals surface area contributed by atoms with E-state index < -0.39 is 10.0 Å². The number of aryl methyl sites for hydroxylation is 1. The van der Waals surface area contributed by atoms with Crippen LogP contribution in [0.2, 0.25) is 0 Å². The maximum atomic E-state index is 12.6. The molecule has 2 aromatic rings. The number of sulfonamides is 1. The van der Waals surface area contributed by atoms with Gasteiger partial charge < -0.3 is 9.88 Å². The first kappa shape index (κ1) is 18.6. The average Bonchev–Trinajstić information content (AvgIpc) is 3.11. The fraction of sp³-hybridized carbons (Fsp3) is 0.444. The molecule has 0 saturated carbocycles. The lowest BCUT2D eigenvalue weighted by Gasteiger charge is -2.24. The van der Waals surface area contributed by atoms with E-state index in [0.717, 1.165) is 36.9 Å². The van der Waals surface area contributed by atoms with Gasteiger partial charge in [0.15, 0.2) is 5.03 Å². The summed E-state index contributed by atoms with van der Waals surface area (Å²) < 4.78 is 28.2. The number of carbonyl (C=O) groups excluding carboxylic acids is 1. The third-order valence-electron chi connectivity index (χ3n) is 4.47. The summed E-state index contributed by atoms with van der Waals surface area (Å²) in [5.74, 6) is -0.224. The number of anilines is 1. The molecule has 0 atom stereocenters. The van der Waals surface area contributed by atoms with Gasteiger partial charge in [0.2, 0.25) is 5.91 Å². The van der Waals surface area contributed by atoms with E-state index in [2.05, 4.69) is 17.2 Å². The summed E-state index contributed by atoms with van der Waals surface area (Å²) in [6.07, 6.45) is 6.51. The topological polar surface area (TPSA) is 84.3 Å². The zero-order valence-electron chi connectivity index (χ0n) is 14.9. The Hall–Kier alpha value is -2.19. The summed E-state index contributed by atoms with van der Waals surface area (Å²) in [7, 11) is -3.58. The maximum absolute atomic E-state index is 12.6. The largest absolute Gasteiger partial charge is 0.327 e. The first-order valence-corrected chi connectivity index (χ1v) is 10.3. The van der Waals surface area contributed by atoms with Crippen molar-refractivity contribution in [3.8, 4) is 0 Å². The van der Waals surface area contributed by atoms with Crippen LogP contribution in [0.4, 0.5) is 5.69 Å². The van der Waals surface area contributed by atoms with Crippen LogP contribution in [-0.4, -0.2) is 41.3 Å². The van der Waals surface area contributed by atoms with Crippen LogP contribution < -0.4 is 5.32 Å². The van der Waals surface area contributed by atoms with Gasteiger partial charge in [-0.05, 0) is 37.0 Å². The van der Waals surface area contributed by atoms with Crippen LogP contribution in [0.25, 0.3) is 0 Å². The molecule has 0 unspecified atom stereocenters. The van der Waals surface area contributed by atoms with Gasteiger partial charge >= 0.3 is 0 Å². The van der Waals surface area contributed by atoms with E-state index in [1.54, 1.807) is 0 Å². The van der Waals surface area contributed by atoms with E-state index in [4.69, 9.17) is 0 Å². The number of benzene rings is 1. The number of hydrogen-bond acceptors (Lipinski definition) is 4. The van der Waals surface area contributed by atoms with E-state index in [0.29, 0.717) is 13.1 Å². The second kappa shape index (κ2) is 8.01. The molecule has 1 aromatic heterocycles. The first-order chi connectivity index (χ1) is 12.5. The Morgan fingerprint density at radius 2 is 2.00 bits per heavy atom. The summed E-state index contributed by atoms with van der Waals surface area (Å²) in [5, 5.41) is 2.83. The smallest absolute Gasteiger partial charge is 0.262 e. The number of nitrogens with one attached hydrogen (secondary N) is 1. The van der Waals surface area contributed by atoms with Crippen LogP contribution in [0.1, 0.15) is 31.7 Å². The zero-order valence-corrected chi connectivity index (χ0v) is 15.7. The highest BCUT2D eigenvalue weighted by Crippen LogP contribution is 2.19. The molecule has 1 aliphatic heterocycles. The third-order valence-corrected chi connectivity index (χ3v) is 6.26. The van der Waals surface area contributed by atoms with Gasteiger partial charge in [0.25, 0.3) is 10.0 Å². The van der Waals surface area contributed by atoms with Gasteiger partial charge in [0.1, 0.15) is 6.54 Å². The predicted molar refractivity (Wildman–Crippen MR) is 99.3 cm³/mol. The van der Waals surface area contributed by atoms with Crippen molar-refractivity contribution >= 4 is 21.6 Å². The monoisotopic (exact) mass is 376 g/mol. The van der Waals surface area contributed by atoms with Crippen molar-refractivity contribution in [2.75, 3.05) is 18.4 Å². The van der Waals surface area contributed by atoms with Crippen LogP contribution in [-0.2, 0) is 27.8 Å². The van der Waals surface area contributed by atoms with Gasteiger partial charge in [-0.25, -0.2) is 13.4 Å². The Morgan fingerprint density at radius 3 is 2.73 bits per heavy atom. The van der Waals surface area contributed by atoms with E-state index in [-0.39, 0.29) is 17.5 Å². The van der Waals surface area contributed by atoms with Crippen molar-refractivity contribution < 1.29 is 13.2 Å². The number of amides is 1. The van der Waals surface area contributed by atoms with Crippen LogP contribution >= 0.6 is 0 Å². The van der Waals surface area contributed by atoms with Gasteiger partial charge in [-0.3, -0.25) is 4.79 Å². The number of piperidine rings is 1. The molecule has 0 radical (unpaired) electrons. The minimum Gasteiger partial charge on any atom is -0.327 e. The highest BCUT2D eigenvalue weighted by Gasteiger charge is 2.28. The highest BCUT2D eigenvalue weighted by atomic mass is 32.2. The molecule has 140 valence electrons. The van der Waals surface area contributed by atoms with Crippen LogP contribution in [0, 0.1) is 0 Å². The molecule has 8 heteroatoms. The van der Waals surface area contributed by atoms with Gasteiger partial charge in [0.05, 0.1) is 6.33 Å². The molecule has 1 aliphatic rings. The molecule has 2 heterocycles. The van der Waals surface area contributed by atoms with Gasteiger partial charge in [-0.1, -0.05) is 25.5 Å². The molecule has 0 aliphatic carbocycles. The molecule has 0 spiro atoms. The molecule has 1 N–H and O–H groups in total. The van der Waals surface area contributed by atoms with Crippen molar-refractivity contribution in [1.29, 1.82) is 0 Å². The molecule has 1 fully saturated rings. The molecule has 3 rings (SSSR count). The zero-order chi connectivity index (χ0) is 18.6. The lowest BCUT2D eigenvalue weighted by atomic mass is 10.1. The lowest BCUT2D eigenvalue weighted by molar-refractivity contribution is -0.116. The maximum Gasteiger partial charge on any atom is 0.262 e. The average molecular weight is 376 g/mol. The van der Waals surface area contributed by atoms with Crippen LogP contribution in [0.3, 0.4) is 0 Å². The number of carbonyl (C=O) groups is 1. The number of rotatable bonds is 6. The predicted octanol–water partition coefficient (Wildman–Crippen LogP) is 2.26. The summed E-state index contributed by atoms with van der Waals surface area (Å²) in [5.41, 5.74) is 1.87. The molecule has 1 saturated heterocycles. The number of nitrogens with zero attached hydrogens (tertiary/aromatic N) is 3. The van der Waals surface area contributed by atoms with Crippen molar-refractivity contribution in [2.24, 2.45) is 0 Å². The molecular formula is C18H24N4O3S. The molecule has 0 bridgehead atoms. The van der Waals surface area contributed by atoms with E-state index >= 15 is 0 Å². The van der Waals surface area contributed by atoms with E-state index in [1.807, 2.05) is 24.3 Å². The van der Waals surface area contributed by atoms with Crippen molar-refractivity contribution in [3.63, 3.8) is 0 Å². The molecule has 1 aromatic carbocycles. The minimum atomic E-state index is -3.58. The lowest BCUT2D eigenvalue weighted by Crippen LogP contribution is -2.35. The number of aromatic nitrogens is 2. The standard InChI is InChI=1S/C18H24N4O3S/c1-2-15-7-6-8-16(11-15)20-17(23)12-21-13-18(19-14-21)26(24,25)22-9-4-3-5-10-22/h6-8,11,13-14H,2-5,9-10,12H2,1H3,(H,20,23). The first-order valence-electron chi connectivity index (χ1n) is 8.90. The summed E-state index contributed by atoms with van der Waals surface area (Å²) in [4.78, 5) is 16.2. The van der Waals surface area contributed by atoms with Crippen LogP contribution in [0.15, 0.2) is 41.8 Å². The Kier molecular flexibility index (Phi) is 5.73. The van der Waals surface area contributed by atoms with Crippen molar-refractivity contribution in [3.05, 3.63) is 42.4 Å². The quantitative estimate of drug-likeness (QED) is 0.838. The third kappa shape index (κ3) is 4.31. The molecule has 26 heavy (non-hydrogen) atoms. The Morgan fingerprint density at radius 1 is 1.23 bits per heavy atom. The second-order valence-electron chi connectivity index (χ2n) is 6.45. The van der Waals surface area contributed by atoms with Gasteiger partial charge in [0, 0.05) is 25.0 Å². The molecular weight excluding hydrogens is 352 g/mol. The summed E-state index contributed by atoms with van der Waals surface area (Å²) >= 11 is 0. The Labute approximate surface area is 154 Å². The van der Waals surface area contributed by atoms with Gasteiger partial charge in [-0.2, -0.15) is 4.31 Å².